The van der Waals surface area contributed by atoms with E-state index in [4.69, 9.17) is 4.98 Å². The van der Waals surface area contributed by atoms with Crippen LogP contribution >= 0.6 is 0 Å². The molecular formula is C41H25N3. The summed E-state index contributed by atoms with van der Waals surface area (Å²) in [6.45, 7) is 0. The van der Waals surface area contributed by atoms with Crippen LogP contribution in [-0.4, -0.2) is 15.0 Å². The van der Waals surface area contributed by atoms with Gasteiger partial charge in [0.2, 0.25) is 0 Å². The zero-order chi connectivity index (χ0) is 29.0. The number of hydrogen-bond acceptors (Lipinski definition) is 3. The Morgan fingerprint density at radius 1 is 0.386 bits per heavy atom. The molecule has 3 aromatic heterocycles. The molecule has 44 heavy (non-hydrogen) atoms. The summed E-state index contributed by atoms with van der Waals surface area (Å²) in [5.41, 5.74) is 9.62. The van der Waals surface area contributed by atoms with Gasteiger partial charge >= 0.3 is 0 Å². The first-order valence-corrected chi connectivity index (χ1v) is 14.9. The molecule has 0 N–H and O–H groups in total. The Hall–Kier alpha value is -5.93. The van der Waals surface area contributed by atoms with Crippen LogP contribution in [0.3, 0.4) is 0 Å². The number of aromatic nitrogens is 3. The molecule has 3 heterocycles. The van der Waals surface area contributed by atoms with Gasteiger partial charge in [0.1, 0.15) is 0 Å². The Kier molecular flexibility index (Phi) is 5.50. The quantitative estimate of drug-likeness (QED) is 0.202. The van der Waals surface area contributed by atoms with Crippen molar-refractivity contribution in [1.29, 1.82) is 0 Å². The largest absolute Gasteiger partial charge is 0.254 e. The summed E-state index contributed by atoms with van der Waals surface area (Å²) in [7, 11) is 0. The van der Waals surface area contributed by atoms with Gasteiger partial charge in [0.05, 0.1) is 22.2 Å². The highest BCUT2D eigenvalue weighted by Crippen LogP contribution is 2.38. The van der Waals surface area contributed by atoms with Gasteiger partial charge in [-0.3, -0.25) is 9.97 Å². The molecule has 0 unspecified atom stereocenters. The van der Waals surface area contributed by atoms with Gasteiger partial charge in [-0.1, -0.05) is 109 Å². The fourth-order valence-electron chi connectivity index (χ4n) is 6.65. The SMILES string of the molecule is c1cc(-c2ccc(-c3cc4cccnc4c4ncccc34)cc2)cc(-c2nc3ccccc3c3c2ccc2ccccc23)c1. The average Bonchev–Trinajstić information content (AvgIpc) is 3.11. The van der Waals surface area contributed by atoms with E-state index >= 15 is 0 Å². The zero-order valence-electron chi connectivity index (χ0n) is 23.8. The highest BCUT2D eigenvalue weighted by atomic mass is 14.7. The van der Waals surface area contributed by atoms with E-state index in [1.807, 2.05) is 24.5 Å². The van der Waals surface area contributed by atoms with Crippen LogP contribution in [0.15, 0.2) is 152 Å². The lowest BCUT2D eigenvalue weighted by Gasteiger charge is -2.14. The molecule has 6 aromatic carbocycles. The summed E-state index contributed by atoms with van der Waals surface area (Å²) in [5, 5.41) is 8.30. The van der Waals surface area contributed by atoms with Crippen LogP contribution in [0.1, 0.15) is 0 Å². The lowest BCUT2D eigenvalue weighted by molar-refractivity contribution is 1.37. The van der Waals surface area contributed by atoms with Crippen molar-refractivity contribution >= 4 is 54.3 Å². The van der Waals surface area contributed by atoms with Crippen molar-refractivity contribution in [3.63, 3.8) is 0 Å². The maximum atomic E-state index is 5.21. The molecule has 9 rings (SSSR count). The van der Waals surface area contributed by atoms with Crippen LogP contribution in [0.2, 0.25) is 0 Å². The molecule has 0 bridgehead atoms. The fourth-order valence-corrected chi connectivity index (χ4v) is 6.65. The first-order chi connectivity index (χ1) is 21.8. The number of nitrogens with zero attached hydrogens (tertiary/aromatic N) is 3. The van der Waals surface area contributed by atoms with Crippen LogP contribution in [0.25, 0.3) is 87.8 Å². The van der Waals surface area contributed by atoms with E-state index in [9.17, 15) is 0 Å². The highest BCUT2D eigenvalue weighted by molar-refractivity contribution is 6.22. The third-order valence-electron chi connectivity index (χ3n) is 8.72. The Morgan fingerprint density at radius 2 is 1.09 bits per heavy atom. The number of hydrogen-bond donors (Lipinski definition) is 0. The molecular weight excluding hydrogens is 534 g/mol. The van der Waals surface area contributed by atoms with Crippen LogP contribution < -0.4 is 0 Å². The van der Waals surface area contributed by atoms with Crippen molar-refractivity contribution in [2.45, 2.75) is 0 Å². The Balaban J connectivity index is 1.17. The van der Waals surface area contributed by atoms with Crippen LogP contribution in [0.4, 0.5) is 0 Å². The van der Waals surface area contributed by atoms with E-state index in [1.54, 1.807) is 0 Å². The molecule has 3 nitrogen and oxygen atoms in total. The molecule has 0 amide bonds. The van der Waals surface area contributed by atoms with Gasteiger partial charge in [0.25, 0.3) is 0 Å². The second kappa shape index (κ2) is 9.82. The third-order valence-corrected chi connectivity index (χ3v) is 8.72. The molecule has 0 spiro atoms. The van der Waals surface area contributed by atoms with Gasteiger partial charge in [-0.15, -0.1) is 0 Å². The standard InChI is InChI=1S/C41H25N3/c1-2-12-32-27(8-1)20-21-35-38(32)34-13-3-4-15-37(34)44-39(35)30-10-5-9-29(24-30)26-16-18-28(19-17-26)36-25-31-11-6-22-42-40(31)41-33(36)14-7-23-43-41/h1-25H. The molecule has 0 saturated heterocycles. The van der Waals surface area contributed by atoms with Crippen molar-refractivity contribution < 1.29 is 0 Å². The average molecular weight is 560 g/mol. The van der Waals surface area contributed by atoms with E-state index in [-0.39, 0.29) is 0 Å². The third kappa shape index (κ3) is 3.87. The van der Waals surface area contributed by atoms with Crippen molar-refractivity contribution in [3.05, 3.63) is 152 Å². The monoisotopic (exact) mass is 559 g/mol. The van der Waals surface area contributed by atoms with E-state index < -0.39 is 0 Å². The maximum absolute atomic E-state index is 5.21. The predicted octanol–water partition coefficient (Wildman–Crippen LogP) is 10.6. The minimum Gasteiger partial charge on any atom is -0.254 e. The van der Waals surface area contributed by atoms with Gasteiger partial charge in [0, 0.05) is 44.9 Å². The van der Waals surface area contributed by atoms with E-state index in [2.05, 4.69) is 137 Å². The molecule has 0 radical (unpaired) electrons. The lowest BCUT2D eigenvalue weighted by Crippen LogP contribution is -1.91. The van der Waals surface area contributed by atoms with E-state index in [1.165, 1.54) is 26.9 Å². The Morgan fingerprint density at radius 3 is 2.00 bits per heavy atom. The normalized spacial score (nSPS) is 11.6. The molecule has 0 saturated carbocycles. The summed E-state index contributed by atoms with van der Waals surface area (Å²) in [4.78, 5) is 14.5. The topological polar surface area (TPSA) is 38.7 Å². The fraction of sp³-hybridized carbons (Fsp3) is 0. The van der Waals surface area contributed by atoms with Gasteiger partial charge in [-0.05, 0) is 63.4 Å². The molecule has 9 aromatic rings. The van der Waals surface area contributed by atoms with Gasteiger partial charge in [-0.2, -0.15) is 0 Å². The predicted molar refractivity (Wildman–Crippen MR) is 184 cm³/mol. The lowest BCUT2D eigenvalue weighted by atomic mass is 9.93. The molecule has 0 aliphatic rings. The number of fused-ring (bicyclic) bond motifs is 8. The van der Waals surface area contributed by atoms with Crippen molar-refractivity contribution in [1.82, 2.24) is 15.0 Å². The molecule has 0 atom stereocenters. The molecule has 0 aliphatic heterocycles. The second-order valence-corrected chi connectivity index (χ2v) is 11.2. The number of benzene rings is 6. The summed E-state index contributed by atoms with van der Waals surface area (Å²) in [6, 6.07) is 49.6. The first kappa shape index (κ1) is 24.6. The van der Waals surface area contributed by atoms with Crippen molar-refractivity contribution in [2.24, 2.45) is 0 Å². The van der Waals surface area contributed by atoms with Crippen molar-refractivity contribution in [3.8, 4) is 33.5 Å². The van der Waals surface area contributed by atoms with E-state index in [0.29, 0.717) is 0 Å². The first-order valence-electron chi connectivity index (χ1n) is 14.9. The number of pyridine rings is 3. The smallest absolute Gasteiger partial charge is 0.0970 e. The summed E-state index contributed by atoms with van der Waals surface area (Å²) in [5.74, 6) is 0. The Labute approximate surface area is 254 Å². The molecule has 0 fully saturated rings. The second-order valence-electron chi connectivity index (χ2n) is 11.2. The van der Waals surface area contributed by atoms with Crippen LogP contribution in [-0.2, 0) is 0 Å². The van der Waals surface area contributed by atoms with Crippen LogP contribution in [0, 0.1) is 0 Å². The minimum atomic E-state index is 0.931. The number of rotatable bonds is 3. The minimum absolute atomic E-state index is 0.931. The molecule has 204 valence electrons. The Bertz CT molecular complexity index is 2530. The molecule has 3 heteroatoms. The van der Waals surface area contributed by atoms with Crippen molar-refractivity contribution in [2.75, 3.05) is 0 Å². The van der Waals surface area contributed by atoms with E-state index in [0.717, 1.165) is 60.8 Å². The van der Waals surface area contributed by atoms with Gasteiger partial charge in [-0.25, -0.2) is 4.98 Å². The highest BCUT2D eigenvalue weighted by Gasteiger charge is 2.14. The number of para-hydroxylation sites is 1. The summed E-state index contributed by atoms with van der Waals surface area (Å²) >= 11 is 0. The van der Waals surface area contributed by atoms with Crippen LogP contribution in [0.5, 0.6) is 0 Å². The summed E-state index contributed by atoms with van der Waals surface area (Å²) in [6.07, 6.45) is 3.67. The molecule has 0 aliphatic carbocycles. The maximum Gasteiger partial charge on any atom is 0.0970 e. The zero-order valence-corrected chi connectivity index (χ0v) is 23.8. The van der Waals surface area contributed by atoms with Gasteiger partial charge < -0.3 is 0 Å². The summed E-state index contributed by atoms with van der Waals surface area (Å²) < 4.78 is 0. The van der Waals surface area contributed by atoms with Gasteiger partial charge in [0.15, 0.2) is 0 Å².